The minimum Gasteiger partial charge on any atom is -0.497 e. The Bertz CT molecular complexity index is 1000. The molecule has 0 aliphatic rings. The number of nitrogens with one attached hydrogen (secondary N) is 1. The summed E-state index contributed by atoms with van der Waals surface area (Å²) in [7, 11) is 1.54. The summed E-state index contributed by atoms with van der Waals surface area (Å²) >= 11 is 0. The Morgan fingerprint density at radius 1 is 1.24 bits per heavy atom. The largest absolute Gasteiger partial charge is 0.497 e. The van der Waals surface area contributed by atoms with E-state index in [0.29, 0.717) is 28.8 Å². The zero-order valence-electron chi connectivity index (χ0n) is 13.7. The first-order valence-electron chi connectivity index (χ1n) is 7.74. The van der Waals surface area contributed by atoms with Crippen molar-refractivity contribution in [1.82, 2.24) is 0 Å². The SMILES string of the molecule is C=CCc1cccc2cc(C(=O)Nc3cccc(OC)c3)c(=O)oc12. The fourth-order valence-corrected chi connectivity index (χ4v) is 2.58. The summed E-state index contributed by atoms with van der Waals surface area (Å²) in [6.07, 6.45) is 2.31. The number of ether oxygens (including phenoxy) is 1. The molecule has 0 fully saturated rings. The fourth-order valence-electron chi connectivity index (χ4n) is 2.58. The van der Waals surface area contributed by atoms with Gasteiger partial charge in [-0.05, 0) is 30.2 Å². The molecule has 0 saturated heterocycles. The van der Waals surface area contributed by atoms with Gasteiger partial charge in [0.1, 0.15) is 16.9 Å². The minimum absolute atomic E-state index is 0.0499. The molecular weight excluding hydrogens is 318 g/mol. The first-order chi connectivity index (χ1) is 12.1. The lowest BCUT2D eigenvalue weighted by molar-refractivity contribution is 0.102. The number of para-hydroxylation sites is 1. The molecule has 0 unspecified atom stereocenters. The summed E-state index contributed by atoms with van der Waals surface area (Å²) in [5.41, 5.74) is 1.13. The Hall–Kier alpha value is -3.34. The Morgan fingerprint density at radius 3 is 2.80 bits per heavy atom. The van der Waals surface area contributed by atoms with Crippen LogP contribution in [0.2, 0.25) is 0 Å². The number of benzene rings is 2. The lowest BCUT2D eigenvalue weighted by atomic mass is 10.1. The summed E-state index contributed by atoms with van der Waals surface area (Å²) in [5, 5.41) is 3.37. The average molecular weight is 335 g/mol. The van der Waals surface area contributed by atoms with Gasteiger partial charge in [0, 0.05) is 17.1 Å². The predicted octanol–water partition coefficient (Wildman–Crippen LogP) is 3.78. The van der Waals surface area contributed by atoms with Gasteiger partial charge < -0.3 is 14.5 Å². The molecule has 0 aliphatic carbocycles. The second-order valence-electron chi connectivity index (χ2n) is 5.46. The number of anilines is 1. The van der Waals surface area contributed by atoms with Crippen molar-refractivity contribution < 1.29 is 13.9 Å². The number of rotatable bonds is 5. The van der Waals surface area contributed by atoms with E-state index in [9.17, 15) is 9.59 Å². The number of carbonyl (C=O) groups is 1. The molecule has 2 aromatic carbocycles. The number of amides is 1. The summed E-state index contributed by atoms with van der Waals surface area (Å²) in [6.45, 7) is 3.70. The first kappa shape index (κ1) is 16.5. The number of carbonyl (C=O) groups excluding carboxylic acids is 1. The van der Waals surface area contributed by atoms with Crippen LogP contribution in [0, 0.1) is 0 Å². The first-order valence-corrected chi connectivity index (χ1v) is 7.74. The van der Waals surface area contributed by atoms with E-state index >= 15 is 0 Å². The number of methoxy groups -OCH3 is 1. The molecule has 0 bridgehead atoms. The van der Waals surface area contributed by atoms with Crippen LogP contribution in [-0.4, -0.2) is 13.0 Å². The zero-order chi connectivity index (χ0) is 17.8. The van der Waals surface area contributed by atoms with Crippen molar-refractivity contribution in [3.05, 3.63) is 82.7 Å². The van der Waals surface area contributed by atoms with Gasteiger partial charge >= 0.3 is 5.63 Å². The third-order valence-electron chi connectivity index (χ3n) is 3.78. The fraction of sp³-hybridized carbons (Fsp3) is 0.100. The molecule has 126 valence electrons. The van der Waals surface area contributed by atoms with Crippen molar-refractivity contribution >= 4 is 22.6 Å². The Kier molecular flexibility index (Phi) is 4.66. The van der Waals surface area contributed by atoms with E-state index in [2.05, 4.69) is 11.9 Å². The minimum atomic E-state index is -0.676. The molecule has 1 aromatic heterocycles. The maximum atomic E-state index is 12.5. The van der Waals surface area contributed by atoms with Gasteiger partial charge in [0.25, 0.3) is 5.91 Å². The van der Waals surface area contributed by atoms with Crippen LogP contribution in [0.5, 0.6) is 5.75 Å². The smallest absolute Gasteiger partial charge is 0.349 e. The highest BCUT2D eigenvalue weighted by Crippen LogP contribution is 2.20. The molecule has 0 atom stereocenters. The van der Waals surface area contributed by atoms with Crippen molar-refractivity contribution in [3.8, 4) is 5.75 Å². The molecule has 3 rings (SSSR count). The number of hydrogen-bond acceptors (Lipinski definition) is 4. The van der Waals surface area contributed by atoms with Crippen LogP contribution in [0.15, 0.2) is 70.4 Å². The average Bonchev–Trinajstić information content (AvgIpc) is 2.62. The van der Waals surface area contributed by atoms with E-state index in [-0.39, 0.29) is 5.56 Å². The van der Waals surface area contributed by atoms with Gasteiger partial charge in [-0.25, -0.2) is 4.79 Å². The summed E-state index contributed by atoms with van der Waals surface area (Å²) in [4.78, 5) is 24.7. The molecule has 0 saturated carbocycles. The van der Waals surface area contributed by atoms with Crippen LogP contribution < -0.4 is 15.7 Å². The third-order valence-corrected chi connectivity index (χ3v) is 3.78. The zero-order valence-corrected chi connectivity index (χ0v) is 13.7. The molecule has 1 amide bonds. The van der Waals surface area contributed by atoms with Crippen LogP contribution >= 0.6 is 0 Å². The Morgan fingerprint density at radius 2 is 2.04 bits per heavy atom. The van der Waals surface area contributed by atoms with Crippen LogP contribution in [-0.2, 0) is 6.42 Å². The maximum Gasteiger partial charge on any atom is 0.349 e. The van der Waals surface area contributed by atoms with Crippen LogP contribution in [0.3, 0.4) is 0 Å². The standard InChI is InChI=1S/C20H17NO4/c1-3-6-13-7-4-8-14-11-17(20(23)25-18(13)14)19(22)21-15-9-5-10-16(12-15)24-2/h3-5,7-12H,1,6H2,2H3,(H,21,22). The molecular formula is C20H17NO4. The van der Waals surface area contributed by atoms with Gasteiger partial charge in [-0.2, -0.15) is 0 Å². The van der Waals surface area contributed by atoms with E-state index in [1.165, 1.54) is 0 Å². The molecule has 1 heterocycles. The second-order valence-corrected chi connectivity index (χ2v) is 5.46. The van der Waals surface area contributed by atoms with Crippen molar-refractivity contribution in [2.45, 2.75) is 6.42 Å². The van der Waals surface area contributed by atoms with Crippen molar-refractivity contribution in [3.63, 3.8) is 0 Å². The molecule has 0 spiro atoms. The van der Waals surface area contributed by atoms with Crippen LogP contribution in [0.1, 0.15) is 15.9 Å². The molecule has 5 nitrogen and oxygen atoms in total. The normalized spacial score (nSPS) is 10.4. The number of hydrogen-bond donors (Lipinski definition) is 1. The maximum absolute atomic E-state index is 12.5. The molecule has 0 radical (unpaired) electrons. The van der Waals surface area contributed by atoms with E-state index < -0.39 is 11.5 Å². The van der Waals surface area contributed by atoms with E-state index in [1.807, 2.05) is 12.1 Å². The molecule has 0 aliphatic heterocycles. The molecule has 1 N–H and O–H groups in total. The predicted molar refractivity (Wildman–Crippen MR) is 97.3 cm³/mol. The van der Waals surface area contributed by atoms with Gasteiger partial charge in [-0.1, -0.05) is 30.3 Å². The molecule has 3 aromatic rings. The second kappa shape index (κ2) is 7.05. The van der Waals surface area contributed by atoms with Crippen molar-refractivity contribution in [2.75, 3.05) is 12.4 Å². The van der Waals surface area contributed by atoms with Crippen LogP contribution in [0.25, 0.3) is 11.0 Å². The number of allylic oxidation sites excluding steroid dienone is 1. The van der Waals surface area contributed by atoms with Crippen LogP contribution in [0.4, 0.5) is 5.69 Å². The highest BCUT2D eigenvalue weighted by atomic mass is 16.5. The monoisotopic (exact) mass is 335 g/mol. The van der Waals surface area contributed by atoms with Gasteiger partial charge in [-0.3, -0.25) is 4.79 Å². The highest BCUT2D eigenvalue weighted by Gasteiger charge is 2.15. The summed E-state index contributed by atoms with van der Waals surface area (Å²) in [5.74, 6) is 0.0791. The summed E-state index contributed by atoms with van der Waals surface area (Å²) < 4.78 is 10.5. The Balaban J connectivity index is 1.97. The lowest BCUT2D eigenvalue weighted by Crippen LogP contribution is -2.20. The highest BCUT2D eigenvalue weighted by molar-refractivity contribution is 6.05. The van der Waals surface area contributed by atoms with Gasteiger partial charge in [0.05, 0.1) is 7.11 Å². The van der Waals surface area contributed by atoms with Gasteiger partial charge in [0.2, 0.25) is 0 Å². The topological polar surface area (TPSA) is 68.5 Å². The van der Waals surface area contributed by atoms with Gasteiger partial charge in [-0.15, -0.1) is 6.58 Å². The third kappa shape index (κ3) is 3.45. The summed E-state index contributed by atoms with van der Waals surface area (Å²) in [6, 6.07) is 14.0. The van der Waals surface area contributed by atoms with E-state index in [4.69, 9.17) is 9.15 Å². The van der Waals surface area contributed by atoms with Gasteiger partial charge in [0.15, 0.2) is 0 Å². The van der Waals surface area contributed by atoms with E-state index in [1.54, 1.807) is 49.6 Å². The molecule has 25 heavy (non-hydrogen) atoms. The van der Waals surface area contributed by atoms with Crippen molar-refractivity contribution in [1.29, 1.82) is 0 Å². The lowest BCUT2D eigenvalue weighted by Gasteiger charge is -2.08. The number of fused-ring (bicyclic) bond motifs is 1. The molecule has 5 heteroatoms. The quantitative estimate of drug-likeness (QED) is 0.569. The van der Waals surface area contributed by atoms with Crippen molar-refractivity contribution in [2.24, 2.45) is 0 Å². The Labute approximate surface area is 144 Å². The van der Waals surface area contributed by atoms with E-state index in [0.717, 1.165) is 5.56 Å².